The summed E-state index contributed by atoms with van der Waals surface area (Å²) in [5, 5.41) is 4.60. The highest BCUT2D eigenvalue weighted by Crippen LogP contribution is 2.25. The molecule has 1 atom stereocenters. The van der Waals surface area contributed by atoms with E-state index in [1.807, 2.05) is 11.7 Å². The van der Waals surface area contributed by atoms with Crippen LogP contribution in [0.1, 0.15) is 24.6 Å². The van der Waals surface area contributed by atoms with Crippen molar-refractivity contribution in [3.63, 3.8) is 0 Å². The topological polar surface area (TPSA) is 50.3 Å². The molecule has 2 heterocycles. The first-order valence-electron chi connectivity index (χ1n) is 7.24. The largest absolute Gasteiger partial charge is 0.354 e. The third kappa shape index (κ3) is 3.09. The van der Waals surface area contributed by atoms with E-state index in [1.54, 1.807) is 0 Å². The summed E-state index contributed by atoms with van der Waals surface area (Å²) in [5.74, 6) is 1.27. The quantitative estimate of drug-likeness (QED) is 0.873. The zero-order valence-electron chi connectivity index (χ0n) is 12.7. The molecule has 2 rings (SSSR count). The smallest absolute Gasteiger partial charge is 0.130 e. The monoisotopic (exact) mass is 265 g/mol. The van der Waals surface area contributed by atoms with E-state index in [2.05, 4.69) is 35.8 Å². The zero-order valence-corrected chi connectivity index (χ0v) is 12.7. The molecule has 0 spiro atoms. The lowest BCUT2D eigenvalue weighted by Crippen LogP contribution is -2.45. The average molecular weight is 265 g/mol. The molecule has 0 aromatic carbocycles. The third-order valence-corrected chi connectivity index (χ3v) is 4.11. The van der Waals surface area contributed by atoms with E-state index in [9.17, 15) is 0 Å². The Kier molecular flexibility index (Phi) is 4.47. The number of rotatable bonds is 4. The fourth-order valence-electron chi connectivity index (χ4n) is 2.75. The predicted octanol–water partition coefficient (Wildman–Crippen LogP) is 0.760. The first kappa shape index (κ1) is 14.3. The minimum Gasteiger partial charge on any atom is -0.354 e. The Labute approximate surface area is 116 Å². The van der Waals surface area contributed by atoms with Gasteiger partial charge in [-0.05, 0) is 26.8 Å². The van der Waals surface area contributed by atoms with Gasteiger partial charge in [-0.1, -0.05) is 6.92 Å². The zero-order chi connectivity index (χ0) is 14.0. The van der Waals surface area contributed by atoms with Crippen LogP contribution in [0.15, 0.2) is 0 Å². The van der Waals surface area contributed by atoms with Gasteiger partial charge < -0.3 is 15.5 Å². The number of anilines is 1. The third-order valence-electron chi connectivity index (χ3n) is 4.11. The van der Waals surface area contributed by atoms with Crippen molar-refractivity contribution < 1.29 is 0 Å². The Hall–Kier alpha value is -1.07. The van der Waals surface area contributed by atoms with Crippen molar-refractivity contribution in [2.45, 2.75) is 32.7 Å². The van der Waals surface area contributed by atoms with Crippen LogP contribution in [-0.4, -0.2) is 53.9 Å². The second-order valence-corrected chi connectivity index (χ2v) is 5.67. The summed E-state index contributed by atoms with van der Waals surface area (Å²) >= 11 is 0. The molecule has 1 aliphatic rings. The number of piperazine rings is 1. The van der Waals surface area contributed by atoms with E-state index in [4.69, 9.17) is 5.73 Å². The molecule has 2 N–H and O–H groups in total. The van der Waals surface area contributed by atoms with Crippen molar-refractivity contribution in [2.24, 2.45) is 12.8 Å². The van der Waals surface area contributed by atoms with Crippen molar-refractivity contribution in [1.29, 1.82) is 0 Å². The fraction of sp³-hybridized carbons (Fsp3) is 0.786. The predicted molar refractivity (Wildman–Crippen MR) is 79.6 cm³/mol. The van der Waals surface area contributed by atoms with Gasteiger partial charge in [0, 0.05) is 44.8 Å². The van der Waals surface area contributed by atoms with E-state index in [0.717, 1.165) is 44.7 Å². The second kappa shape index (κ2) is 5.92. The summed E-state index contributed by atoms with van der Waals surface area (Å²) in [4.78, 5) is 4.83. The Morgan fingerprint density at radius 3 is 2.42 bits per heavy atom. The van der Waals surface area contributed by atoms with Crippen LogP contribution in [0, 0.1) is 6.92 Å². The van der Waals surface area contributed by atoms with Crippen LogP contribution in [0.2, 0.25) is 0 Å². The van der Waals surface area contributed by atoms with Crippen LogP contribution < -0.4 is 10.6 Å². The molecule has 5 heteroatoms. The van der Waals surface area contributed by atoms with Crippen molar-refractivity contribution in [1.82, 2.24) is 14.7 Å². The van der Waals surface area contributed by atoms with Gasteiger partial charge in [0.25, 0.3) is 0 Å². The minimum absolute atomic E-state index is 0.231. The number of hydrogen-bond donors (Lipinski definition) is 1. The molecular formula is C14H27N5. The van der Waals surface area contributed by atoms with E-state index in [1.165, 1.54) is 11.4 Å². The van der Waals surface area contributed by atoms with Gasteiger partial charge in [-0.3, -0.25) is 4.68 Å². The summed E-state index contributed by atoms with van der Waals surface area (Å²) in [6.45, 7) is 8.61. The van der Waals surface area contributed by atoms with Crippen LogP contribution in [0.4, 0.5) is 5.82 Å². The van der Waals surface area contributed by atoms with E-state index >= 15 is 0 Å². The second-order valence-electron chi connectivity index (χ2n) is 5.67. The normalized spacial score (nSPS) is 18.9. The maximum absolute atomic E-state index is 6.14. The highest BCUT2D eigenvalue weighted by Gasteiger charge is 2.23. The van der Waals surface area contributed by atoms with Crippen LogP contribution in [0.5, 0.6) is 0 Å². The van der Waals surface area contributed by atoms with Gasteiger partial charge in [-0.25, -0.2) is 0 Å². The van der Waals surface area contributed by atoms with Crippen LogP contribution in [-0.2, 0) is 13.5 Å². The van der Waals surface area contributed by atoms with E-state index in [-0.39, 0.29) is 6.04 Å². The lowest BCUT2D eigenvalue weighted by Gasteiger charge is -2.34. The van der Waals surface area contributed by atoms with Gasteiger partial charge in [0.1, 0.15) is 5.82 Å². The maximum atomic E-state index is 6.14. The van der Waals surface area contributed by atoms with Crippen molar-refractivity contribution in [3.05, 3.63) is 11.3 Å². The van der Waals surface area contributed by atoms with E-state index in [0.29, 0.717) is 0 Å². The molecular weight excluding hydrogens is 238 g/mol. The van der Waals surface area contributed by atoms with Gasteiger partial charge in [0.2, 0.25) is 0 Å². The molecule has 1 saturated heterocycles. The molecule has 1 aromatic heterocycles. The summed E-state index contributed by atoms with van der Waals surface area (Å²) in [7, 11) is 4.22. The Balaban J connectivity index is 2.23. The fourth-order valence-corrected chi connectivity index (χ4v) is 2.75. The van der Waals surface area contributed by atoms with Crippen molar-refractivity contribution >= 4 is 5.82 Å². The molecule has 0 amide bonds. The highest BCUT2D eigenvalue weighted by atomic mass is 15.4. The molecule has 108 valence electrons. The summed E-state index contributed by atoms with van der Waals surface area (Å²) in [6, 6.07) is 0.231. The molecule has 0 saturated carbocycles. The average Bonchev–Trinajstić information content (AvgIpc) is 2.65. The molecule has 1 fully saturated rings. The summed E-state index contributed by atoms with van der Waals surface area (Å²) < 4.78 is 2.03. The number of aryl methyl sites for hydroxylation is 2. The SMILES string of the molecule is CCC(N)Cc1c(C)nn(C)c1N1CCN(C)CC1. The van der Waals surface area contributed by atoms with Crippen LogP contribution >= 0.6 is 0 Å². The number of nitrogens with two attached hydrogens (primary N) is 1. The Bertz CT molecular complexity index is 418. The standard InChI is InChI=1S/C14H27N5/c1-5-12(15)10-13-11(2)16-18(4)14(13)19-8-6-17(3)7-9-19/h12H,5-10,15H2,1-4H3. The van der Waals surface area contributed by atoms with Gasteiger partial charge >= 0.3 is 0 Å². The Morgan fingerprint density at radius 2 is 1.84 bits per heavy atom. The maximum Gasteiger partial charge on any atom is 0.130 e. The first-order valence-corrected chi connectivity index (χ1v) is 7.24. The Morgan fingerprint density at radius 1 is 1.21 bits per heavy atom. The number of aromatic nitrogens is 2. The molecule has 1 aromatic rings. The minimum atomic E-state index is 0.231. The molecule has 0 bridgehead atoms. The van der Waals surface area contributed by atoms with Gasteiger partial charge in [-0.2, -0.15) is 5.10 Å². The lowest BCUT2D eigenvalue weighted by atomic mass is 10.0. The molecule has 1 aliphatic heterocycles. The van der Waals surface area contributed by atoms with Crippen molar-refractivity contribution in [2.75, 3.05) is 38.1 Å². The number of hydrogen-bond acceptors (Lipinski definition) is 4. The summed E-state index contributed by atoms with van der Waals surface area (Å²) in [5.41, 5.74) is 8.60. The molecule has 5 nitrogen and oxygen atoms in total. The highest BCUT2D eigenvalue weighted by molar-refractivity contribution is 5.51. The lowest BCUT2D eigenvalue weighted by molar-refractivity contribution is 0.310. The number of likely N-dealkylation sites (N-methyl/N-ethyl adjacent to an activating group) is 1. The van der Waals surface area contributed by atoms with Gasteiger partial charge in [0.05, 0.1) is 5.69 Å². The molecule has 0 aliphatic carbocycles. The summed E-state index contributed by atoms with van der Waals surface area (Å²) in [6.07, 6.45) is 1.94. The van der Waals surface area contributed by atoms with Crippen LogP contribution in [0.25, 0.3) is 0 Å². The molecule has 1 unspecified atom stereocenters. The molecule has 19 heavy (non-hydrogen) atoms. The van der Waals surface area contributed by atoms with Crippen LogP contribution in [0.3, 0.4) is 0 Å². The van der Waals surface area contributed by atoms with Crippen molar-refractivity contribution in [3.8, 4) is 0 Å². The first-order chi connectivity index (χ1) is 9.02. The number of nitrogens with zero attached hydrogens (tertiary/aromatic N) is 4. The molecule has 0 radical (unpaired) electrons. The van der Waals surface area contributed by atoms with Gasteiger partial charge in [0.15, 0.2) is 0 Å². The van der Waals surface area contributed by atoms with Gasteiger partial charge in [-0.15, -0.1) is 0 Å². The van der Waals surface area contributed by atoms with E-state index < -0.39 is 0 Å².